The lowest BCUT2D eigenvalue weighted by molar-refractivity contribution is -0.140. The van der Waals surface area contributed by atoms with Gasteiger partial charge in [-0.3, -0.25) is 14.6 Å². The molecule has 1 fully saturated rings. The van der Waals surface area contributed by atoms with Gasteiger partial charge in [-0.05, 0) is 67.4 Å². The molecule has 2 N–H and O–H groups in total. The lowest BCUT2D eigenvalue weighted by Gasteiger charge is -2.25. The number of hydrogen-bond acceptors (Lipinski definition) is 6. The molecule has 33 heavy (non-hydrogen) atoms. The summed E-state index contributed by atoms with van der Waals surface area (Å²) in [7, 11) is 0. The summed E-state index contributed by atoms with van der Waals surface area (Å²) in [5, 5.41) is 21.2. The number of aliphatic hydroxyl groups excluding tert-OH is 1. The largest absolute Gasteiger partial charge is 0.508 e. The predicted molar refractivity (Wildman–Crippen MR) is 122 cm³/mol. The molecule has 4 rings (SSSR count). The summed E-state index contributed by atoms with van der Waals surface area (Å²) in [5.74, 6) is -1.18. The van der Waals surface area contributed by atoms with E-state index in [9.17, 15) is 19.8 Å². The molecule has 7 heteroatoms. The Morgan fingerprint density at radius 1 is 1.09 bits per heavy atom. The molecule has 7 nitrogen and oxygen atoms in total. The standard InChI is InChI=1S/C26H24N2O5/c1-16(2)33-21-10-8-18(9-11-21)24(30)22-23(19-6-3-7-20(29)13-19)28(26(32)25(22)31)15-17-5-4-12-27-14-17/h3-14,16,23,29-30H,15H2,1-2H3/t23-/m1/s1. The molecule has 0 aliphatic carbocycles. The molecule has 0 radical (unpaired) electrons. The Morgan fingerprint density at radius 2 is 1.85 bits per heavy atom. The quantitative estimate of drug-likeness (QED) is 0.336. The van der Waals surface area contributed by atoms with Gasteiger partial charge < -0.3 is 19.8 Å². The monoisotopic (exact) mass is 444 g/mol. The number of Topliss-reactive ketones (excluding diaryl/α,β-unsaturated/α-hetero) is 1. The zero-order valence-corrected chi connectivity index (χ0v) is 18.3. The molecule has 1 amide bonds. The number of phenols is 1. The molecule has 1 saturated heterocycles. The van der Waals surface area contributed by atoms with Gasteiger partial charge in [0.05, 0.1) is 17.7 Å². The first kappa shape index (κ1) is 22.1. The van der Waals surface area contributed by atoms with E-state index >= 15 is 0 Å². The van der Waals surface area contributed by atoms with Crippen LogP contribution in [0.15, 0.2) is 78.6 Å². The van der Waals surface area contributed by atoms with Crippen molar-refractivity contribution in [3.63, 3.8) is 0 Å². The number of ketones is 1. The zero-order chi connectivity index (χ0) is 23.5. The molecule has 1 atom stereocenters. The average molecular weight is 444 g/mol. The molecular weight excluding hydrogens is 420 g/mol. The average Bonchev–Trinajstić information content (AvgIpc) is 3.04. The first-order valence-electron chi connectivity index (χ1n) is 10.6. The third-order valence-electron chi connectivity index (χ3n) is 5.30. The SMILES string of the molecule is CC(C)Oc1ccc(C(O)=C2C(=O)C(=O)N(Cc3cccnc3)[C@@H]2c2cccc(O)c2)cc1. The van der Waals surface area contributed by atoms with Gasteiger partial charge in [0.25, 0.3) is 11.7 Å². The highest BCUT2D eigenvalue weighted by atomic mass is 16.5. The molecule has 0 saturated carbocycles. The van der Waals surface area contributed by atoms with Gasteiger partial charge in [-0.1, -0.05) is 18.2 Å². The van der Waals surface area contributed by atoms with Gasteiger partial charge in [0, 0.05) is 24.5 Å². The molecule has 1 aliphatic heterocycles. The van der Waals surface area contributed by atoms with Crippen molar-refractivity contribution >= 4 is 17.4 Å². The van der Waals surface area contributed by atoms with Gasteiger partial charge in [-0.25, -0.2) is 0 Å². The lowest BCUT2D eigenvalue weighted by atomic mass is 9.95. The van der Waals surface area contributed by atoms with Crippen LogP contribution in [0.25, 0.3) is 5.76 Å². The van der Waals surface area contributed by atoms with Gasteiger partial charge in [0.1, 0.15) is 17.3 Å². The number of phenolic OH excluding ortho intramolecular Hbond substituents is 1. The number of likely N-dealkylation sites (tertiary alicyclic amines) is 1. The summed E-state index contributed by atoms with van der Waals surface area (Å²) < 4.78 is 5.64. The van der Waals surface area contributed by atoms with Crippen molar-refractivity contribution in [3.05, 3.63) is 95.3 Å². The van der Waals surface area contributed by atoms with Crippen molar-refractivity contribution in [1.82, 2.24) is 9.88 Å². The van der Waals surface area contributed by atoms with Crippen LogP contribution in [0.5, 0.6) is 11.5 Å². The molecule has 168 valence electrons. The highest BCUT2D eigenvalue weighted by Crippen LogP contribution is 2.41. The minimum atomic E-state index is -0.871. The number of amides is 1. The Hall–Kier alpha value is -4.13. The number of ether oxygens (including phenoxy) is 1. The van der Waals surface area contributed by atoms with Crippen molar-refractivity contribution in [2.24, 2.45) is 0 Å². The third kappa shape index (κ3) is 4.57. The maximum atomic E-state index is 13.1. The number of aliphatic hydroxyl groups is 1. The van der Waals surface area contributed by atoms with Crippen LogP contribution in [-0.4, -0.2) is 37.9 Å². The Balaban J connectivity index is 1.80. The minimum absolute atomic E-state index is 0.00495. The normalized spacial score (nSPS) is 17.5. The molecule has 0 spiro atoms. The van der Waals surface area contributed by atoms with Crippen molar-refractivity contribution in [3.8, 4) is 11.5 Å². The van der Waals surface area contributed by atoms with Crippen LogP contribution in [0.4, 0.5) is 0 Å². The first-order valence-corrected chi connectivity index (χ1v) is 10.6. The fourth-order valence-corrected chi connectivity index (χ4v) is 3.89. The van der Waals surface area contributed by atoms with E-state index in [2.05, 4.69) is 4.98 Å². The van der Waals surface area contributed by atoms with Crippen molar-refractivity contribution < 1.29 is 24.5 Å². The molecule has 2 heterocycles. The van der Waals surface area contributed by atoms with Gasteiger partial charge >= 0.3 is 0 Å². The Morgan fingerprint density at radius 3 is 2.48 bits per heavy atom. The van der Waals surface area contributed by atoms with Crippen LogP contribution in [0, 0.1) is 0 Å². The molecule has 2 aromatic carbocycles. The maximum Gasteiger partial charge on any atom is 0.295 e. The zero-order valence-electron chi connectivity index (χ0n) is 18.3. The fourth-order valence-electron chi connectivity index (χ4n) is 3.89. The van der Waals surface area contributed by atoms with E-state index in [0.717, 1.165) is 5.56 Å². The van der Waals surface area contributed by atoms with Crippen molar-refractivity contribution in [2.45, 2.75) is 32.5 Å². The fraction of sp³-hybridized carbons (Fsp3) is 0.192. The number of benzene rings is 2. The first-order chi connectivity index (χ1) is 15.8. The second-order valence-corrected chi connectivity index (χ2v) is 8.07. The number of rotatable bonds is 6. The Labute approximate surface area is 191 Å². The maximum absolute atomic E-state index is 13.1. The second kappa shape index (κ2) is 9.16. The molecule has 0 unspecified atom stereocenters. The van der Waals surface area contributed by atoms with E-state index < -0.39 is 17.7 Å². The Bertz CT molecular complexity index is 1200. The van der Waals surface area contributed by atoms with Crippen molar-refractivity contribution in [1.29, 1.82) is 0 Å². The number of pyridine rings is 1. The van der Waals surface area contributed by atoms with E-state index in [1.165, 1.54) is 17.0 Å². The van der Waals surface area contributed by atoms with E-state index in [-0.39, 0.29) is 29.7 Å². The Kier molecular flexibility index (Phi) is 6.13. The van der Waals surface area contributed by atoms with E-state index in [4.69, 9.17) is 4.74 Å². The summed E-state index contributed by atoms with van der Waals surface area (Å²) in [5.41, 5.74) is 1.60. The van der Waals surface area contributed by atoms with Crippen LogP contribution < -0.4 is 4.74 Å². The summed E-state index contributed by atoms with van der Waals surface area (Å²) in [4.78, 5) is 31.6. The summed E-state index contributed by atoms with van der Waals surface area (Å²) in [6.45, 7) is 3.94. The number of aromatic hydroxyl groups is 1. The summed E-state index contributed by atoms with van der Waals surface area (Å²) in [6.07, 6.45) is 3.23. The summed E-state index contributed by atoms with van der Waals surface area (Å²) in [6, 6.07) is 15.7. The highest BCUT2D eigenvalue weighted by Gasteiger charge is 2.46. The number of hydrogen-bond donors (Lipinski definition) is 2. The molecule has 1 aromatic heterocycles. The van der Waals surface area contributed by atoms with E-state index in [1.807, 2.05) is 13.8 Å². The van der Waals surface area contributed by atoms with Crippen LogP contribution in [0.2, 0.25) is 0 Å². The number of aromatic nitrogens is 1. The van der Waals surface area contributed by atoms with Crippen LogP contribution >= 0.6 is 0 Å². The lowest BCUT2D eigenvalue weighted by Crippen LogP contribution is -2.29. The van der Waals surface area contributed by atoms with E-state index in [0.29, 0.717) is 16.9 Å². The molecule has 1 aliphatic rings. The summed E-state index contributed by atoms with van der Waals surface area (Å²) >= 11 is 0. The van der Waals surface area contributed by atoms with Gasteiger partial charge in [0.2, 0.25) is 0 Å². The van der Waals surface area contributed by atoms with E-state index in [1.54, 1.807) is 60.9 Å². The van der Waals surface area contributed by atoms with Gasteiger partial charge in [-0.15, -0.1) is 0 Å². The van der Waals surface area contributed by atoms with Crippen LogP contribution in [0.3, 0.4) is 0 Å². The van der Waals surface area contributed by atoms with Crippen molar-refractivity contribution in [2.75, 3.05) is 0 Å². The highest BCUT2D eigenvalue weighted by molar-refractivity contribution is 6.46. The van der Waals surface area contributed by atoms with Crippen LogP contribution in [-0.2, 0) is 16.1 Å². The third-order valence-corrected chi connectivity index (χ3v) is 5.30. The number of nitrogens with zero attached hydrogens (tertiary/aromatic N) is 2. The van der Waals surface area contributed by atoms with Gasteiger partial charge in [-0.2, -0.15) is 0 Å². The number of carbonyl (C=O) groups excluding carboxylic acids is 2. The molecule has 3 aromatic rings. The minimum Gasteiger partial charge on any atom is -0.508 e. The number of carbonyl (C=O) groups is 2. The van der Waals surface area contributed by atoms with Gasteiger partial charge in [0.15, 0.2) is 0 Å². The topological polar surface area (TPSA) is 100.0 Å². The second-order valence-electron chi connectivity index (χ2n) is 8.07. The smallest absolute Gasteiger partial charge is 0.295 e. The van der Waals surface area contributed by atoms with Crippen LogP contribution in [0.1, 0.15) is 36.6 Å². The predicted octanol–water partition coefficient (Wildman–Crippen LogP) is 4.20. The molecule has 0 bridgehead atoms. The molecular formula is C26H24N2O5.